The van der Waals surface area contributed by atoms with Crippen LogP contribution in [0.3, 0.4) is 0 Å². The maximum atomic E-state index is 16.8. The van der Waals surface area contributed by atoms with E-state index in [1.807, 2.05) is 138 Å². The van der Waals surface area contributed by atoms with Crippen molar-refractivity contribution < 1.29 is 37.1 Å². The molecule has 6 aliphatic rings. The fourth-order valence-corrected chi connectivity index (χ4v) is 22.4. The lowest BCUT2D eigenvalue weighted by Gasteiger charge is -2.49. The molecule has 0 radical (unpaired) electrons. The fourth-order valence-electron chi connectivity index (χ4n) is 22.4. The topological polar surface area (TPSA) is 357 Å². The molecule has 33 nitrogen and oxygen atoms in total. The maximum absolute atomic E-state index is 16.8. The highest BCUT2D eigenvalue weighted by molar-refractivity contribution is 6.13. The second kappa shape index (κ2) is 36.6. The predicted molar refractivity (Wildman–Crippen MR) is 553 cm³/mol. The molecule has 3 saturated heterocycles. The molecule has 0 aliphatic carbocycles. The molecule has 18 heterocycles. The van der Waals surface area contributed by atoms with Crippen LogP contribution < -0.4 is 58.1 Å². The van der Waals surface area contributed by atoms with Gasteiger partial charge in [0.25, 0.3) is 17.0 Å². The molecule has 21 rings (SSSR count). The number of aryl methyl sites for hydroxylation is 9. The summed E-state index contributed by atoms with van der Waals surface area (Å²) in [4.78, 5) is 185. The smallest absolute Gasteiger partial charge is 0.326 e. The summed E-state index contributed by atoms with van der Waals surface area (Å²) in [5, 5.41) is 1.24. The minimum absolute atomic E-state index is 0.00567. The highest BCUT2D eigenvalue weighted by Gasteiger charge is 2.48. The first-order valence-electron chi connectivity index (χ1n) is 48.4. The monoisotopic (exact) mass is 1950 g/mol. The number of carbonyl (C=O) groups excluding carboxylic acids is 4. The summed E-state index contributed by atoms with van der Waals surface area (Å²) in [6.07, 6.45) is 10.7. The van der Waals surface area contributed by atoms with E-state index >= 15 is 18.0 Å². The summed E-state index contributed by atoms with van der Waals surface area (Å²) in [6.45, 7) is 42.3. The highest BCUT2D eigenvalue weighted by Crippen LogP contribution is 2.49. The van der Waals surface area contributed by atoms with Crippen molar-refractivity contribution in [3.8, 4) is 56.6 Å². The Morgan fingerprint density at radius 2 is 0.764 bits per heavy atom. The number of amides is 4. The third-order valence-electron chi connectivity index (χ3n) is 29.6. The Kier molecular flexibility index (Phi) is 24.6. The van der Waals surface area contributed by atoms with E-state index in [2.05, 4.69) is 54.5 Å². The number of benzene rings is 3. The van der Waals surface area contributed by atoms with Crippen molar-refractivity contribution in [1.82, 2.24) is 87.0 Å². The van der Waals surface area contributed by atoms with Crippen LogP contribution in [0.2, 0.25) is 0 Å². The van der Waals surface area contributed by atoms with Gasteiger partial charge >= 0.3 is 22.6 Å². The molecule has 0 saturated carbocycles. The largest absolute Gasteiger partial charge is 0.486 e. The molecule has 4 amide bonds. The summed E-state index contributed by atoms with van der Waals surface area (Å²) in [6, 6.07) is 18.8. The zero-order valence-electron chi connectivity index (χ0n) is 83.9. The van der Waals surface area contributed by atoms with Crippen LogP contribution in [0.5, 0.6) is 5.75 Å². The molecule has 0 spiro atoms. The van der Waals surface area contributed by atoms with Crippen molar-refractivity contribution in [3.63, 3.8) is 0 Å². The molecule has 6 aliphatic heterocycles. The number of hydrogen-bond donors (Lipinski definition) is 3. The van der Waals surface area contributed by atoms with Crippen molar-refractivity contribution in [1.29, 1.82) is 0 Å². The molecule has 742 valence electrons. The number of fused-ring (bicyclic) bond motifs is 18. The minimum Gasteiger partial charge on any atom is -0.486 e. The number of halogens is 3. The normalized spacial score (nSPS) is 17.7. The zero-order chi connectivity index (χ0) is 103. The van der Waals surface area contributed by atoms with Crippen LogP contribution in [-0.2, 0) is 46.7 Å². The number of anilines is 4. The number of pyridine rings is 9. The third-order valence-corrected chi connectivity index (χ3v) is 29.6. The summed E-state index contributed by atoms with van der Waals surface area (Å²) in [5.74, 6) is -2.84. The number of H-pyrrole nitrogens is 3. The van der Waals surface area contributed by atoms with Gasteiger partial charge in [-0.1, -0.05) is 79.5 Å². The highest BCUT2D eigenvalue weighted by atomic mass is 19.1. The molecule has 6 unspecified atom stereocenters. The Balaban J connectivity index is 0.000000137. The summed E-state index contributed by atoms with van der Waals surface area (Å²) < 4.78 is 65.5. The first-order valence-corrected chi connectivity index (χ1v) is 48.4. The van der Waals surface area contributed by atoms with Crippen LogP contribution >= 0.6 is 0 Å². The molecule has 6 atom stereocenters. The van der Waals surface area contributed by atoms with E-state index in [-0.39, 0.29) is 154 Å². The van der Waals surface area contributed by atoms with Gasteiger partial charge in [0.1, 0.15) is 51.9 Å². The molecule has 12 aromatic heterocycles. The molecule has 3 N–H and O–H groups in total. The molecule has 0 bridgehead atoms. The van der Waals surface area contributed by atoms with Gasteiger partial charge in [0, 0.05) is 149 Å². The Bertz CT molecular complexity index is 8480. The molecule has 15 aromatic rings. The lowest BCUT2D eigenvalue weighted by molar-refractivity contribution is -0.131. The molecular formula is C108H113F3N22O11. The zero-order valence-corrected chi connectivity index (χ0v) is 83.9. The van der Waals surface area contributed by atoms with Gasteiger partial charge in [-0.3, -0.25) is 75.9 Å². The first kappa shape index (κ1) is 96.9. The Morgan fingerprint density at radius 3 is 1.15 bits per heavy atom. The SMILES string of the molecule is C=CC(=O)N1CC2C(=O)N(C)c3c(c4cc(F)c(-c5c(C)ccc6[nH]c(=O)n(C)c56)nc4n(-c4c(C)ccnc4C(C)C)c3=O)N2CC1C.C=CC(=O)N1CC2CCOc3c(c4cc(F)c(-c5c(C)ccc6[nH]c(=O)n(C)c56)nc4n(-c4c(C)ccnc4C(C)C)c3=O)N2CC1C.C=CC(=O)N1CC2CCc3c(c4cc(F)c(-c5c(C)ccc6[nH]c(=O)n(C)c56)nc4n(-c4c(C)ccnc4C(C)C)c3=O)N2CC1C. The van der Waals surface area contributed by atoms with E-state index in [1.54, 1.807) is 84.4 Å². The third kappa shape index (κ3) is 15.4. The Hall–Kier alpha value is -15.9. The van der Waals surface area contributed by atoms with Gasteiger partial charge in [0.2, 0.25) is 23.5 Å². The molecular weight excluding hydrogens is 1840 g/mol. The number of ether oxygens (including phenoxy) is 1. The van der Waals surface area contributed by atoms with Gasteiger partial charge in [0.15, 0.2) is 11.3 Å². The van der Waals surface area contributed by atoms with E-state index in [1.165, 1.54) is 71.2 Å². The van der Waals surface area contributed by atoms with Gasteiger partial charge in [-0.05, 0) is 199 Å². The van der Waals surface area contributed by atoms with Crippen molar-refractivity contribution in [2.24, 2.45) is 21.1 Å². The number of likely N-dealkylation sites (N-methyl/N-ethyl adjacent to an activating group) is 1. The van der Waals surface area contributed by atoms with Crippen LogP contribution in [0, 0.1) is 59.0 Å². The molecule has 36 heteroatoms. The summed E-state index contributed by atoms with van der Waals surface area (Å²) in [5.41, 5.74) is 13.6. The number of rotatable bonds is 12. The van der Waals surface area contributed by atoms with E-state index in [0.717, 1.165) is 27.9 Å². The number of piperazine rings is 3. The number of aromatic nitrogens is 15. The Labute approximate surface area is 824 Å². The quantitative estimate of drug-likeness (QED) is 0.0956. The van der Waals surface area contributed by atoms with Crippen molar-refractivity contribution in [3.05, 3.63) is 265 Å². The number of nitrogens with one attached hydrogen (secondary N) is 3. The van der Waals surface area contributed by atoms with Gasteiger partial charge in [-0.2, -0.15) is 0 Å². The van der Waals surface area contributed by atoms with Crippen LogP contribution in [0.15, 0.2) is 158 Å². The summed E-state index contributed by atoms with van der Waals surface area (Å²) in [7, 11) is 6.40. The average Bonchev–Trinajstić information content (AvgIpc) is 0.745. The molecule has 144 heavy (non-hydrogen) atoms. The standard InChI is InChI=1S/C36H37FN8O4.C36H38FN7O4.C36H38FN7O3/c1-9-25(46)43-16-24-34(47)41(7)32-30(44(24)15-20(43)6)21-14-22(37)28(26-18(4)10-11-23-31(26)42(8)36(49)39-23)40-33(21)45(35(32)48)29-19(5)12-13-38-27(29)17(2)3;1-8-26(45)42-17-22-12-14-48-33-31(43(22)16-21(42)6)23-15-24(37)29(27-19(4)9-10-25-32(27)41(7)36(47)39-25)40-34(23)44(35(33)46)30-20(5)11-13-38-28(30)18(2)3;1-8-27(45)42-17-22-10-11-23-32(43(22)16-21(42)6)24-15-25(37)30(28-19(4)9-12-26-33(28)41(7)36(47)39-26)40-34(24)44(35(23)46)31-20(5)13-14-38-29(31)18(2)3/h9-14,17,20,24H,1,15-16H2,2-8H3,(H,39,49);8-11,13,15,18,21-22H,1,12,14,16-17H2,2-7H3,(H,39,47);8-9,12-15,18,21-22H,1,10-11,16-17H2,2-7H3,(H,39,47). The van der Waals surface area contributed by atoms with Gasteiger partial charge in [-0.25, -0.2) is 42.5 Å². The second-order valence-electron chi connectivity index (χ2n) is 39.7. The Morgan fingerprint density at radius 1 is 0.417 bits per heavy atom. The number of hydrogen-bond acceptors (Lipinski definition) is 20. The number of carbonyl (C=O) groups is 4. The van der Waals surface area contributed by atoms with E-state index < -0.39 is 34.6 Å². The maximum Gasteiger partial charge on any atom is 0.326 e. The fraction of sp³-hybridized carbons (Fsp3) is 0.352. The van der Waals surface area contributed by atoms with Crippen molar-refractivity contribution in [2.75, 3.05) is 72.5 Å². The van der Waals surface area contributed by atoms with E-state index in [4.69, 9.17) is 24.7 Å². The molecule has 3 aromatic carbocycles. The number of nitrogens with zero attached hydrogens (tertiary/aromatic N) is 19. The van der Waals surface area contributed by atoms with Crippen LogP contribution in [0.25, 0.3) is 117 Å². The lowest BCUT2D eigenvalue weighted by atomic mass is 9.91. The number of aromatic amines is 3. The average molecular weight is 1950 g/mol. The predicted octanol–water partition coefficient (Wildman–Crippen LogP) is 14.0. The molecule has 3 fully saturated rings. The van der Waals surface area contributed by atoms with Crippen LogP contribution in [-0.4, -0.2) is 200 Å². The van der Waals surface area contributed by atoms with Crippen LogP contribution in [0.4, 0.5) is 35.9 Å². The number of imidazole rings is 3. The first-order chi connectivity index (χ1) is 68.6. The van der Waals surface area contributed by atoms with E-state index in [0.29, 0.717) is 179 Å². The van der Waals surface area contributed by atoms with Crippen molar-refractivity contribution in [2.45, 2.75) is 177 Å². The van der Waals surface area contributed by atoms with Gasteiger partial charge in [0.05, 0.1) is 103 Å². The minimum atomic E-state index is -0.824. The van der Waals surface area contributed by atoms with Gasteiger partial charge < -0.3 is 54.0 Å². The second-order valence-corrected chi connectivity index (χ2v) is 39.7. The lowest BCUT2D eigenvalue weighted by Crippen LogP contribution is -2.66. The van der Waals surface area contributed by atoms with E-state index in [9.17, 15) is 43.2 Å². The van der Waals surface area contributed by atoms with Gasteiger partial charge in [-0.15, -0.1) is 0 Å². The van der Waals surface area contributed by atoms with Crippen LogP contribution in [0.1, 0.15) is 149 Å². The summed E-state index contributed by atoms with van der Waals surface area (Å²) >= 11 is 0. The van der Waals surface area contributed by atoms with Crippen molar-refractivity contribution >= 4 is 113 Å².